The number of halogens is 1. The number of hydrogen-bond donors (Lipinski definition) is 1. The smallest absolute Gasteiger partial charge is 0.224 e. The quantitative estimate of drug-likeness (QED) is 0.751. The number of ether oxygens (including phenoxy) is 1. The lowest BCUT2D eigenvalue weighted by Crippen LogP contribution is -2.20. The van der Waals surface area contributed by atoms with Gasteiger partial charge in [-0.2, -0.15) is 5.10 Å². The van der Waals surface area contributed by atoms with Crippen LogP contribution in [0.25, 0.3) is 0 Å². The molecule has 7 heteroatoms. The number of benzene rings is 1. The predicted octanol–water partition coefficient (Wildman–Crippen LogP) is 3.56. The number of hydrogen-bond acceptors (Lipinski definition) is 4. The molecule has 2 aromatic rings. The molecule has 0 bridgehead atoms. The molecule has 0 spiro atoms. The highest BCUT2D eigenvalue weighted by Crippen LogP contribution is 2.18. The lowest BCUT2D eigenvalue weighted by Gasteiger charge is -2.21. The summed E-state index contributed by atoms with van der Waals surface area (Å²) in [5, 5.41) is 7.67. The number of aromatic nitrogens is 2. The van der Waals surface area contributed by atoms with Crippen molar-refractivity contribution in [3.05, 3.63) is 47.2 Å². The molecule has 1 amide bonds. The lowest BCUT2D eigenvalue weighted by atomic mass is 10.0. The van der Waals surface area contributed by atoms with Crippen LogP contribution in [-0.2, 0) is 16.1 Å². The van der Waals surface area contributed by atoms with Gasteiger partial charge >= 0.3 is 0 Å². The summed E-state index contributed by atoms with van der Waals surface area (Å²) in [4.78, 5) is 24.2. The molecule has 2 heterocycles. The number of amides is 1. The van der Waals surface area contributed by atoms with Gasteiger partial charge in [0.25, 0.3) is 0 Å². The van der Waals surface area contributed by atoms with Gasteiger partial charge in [-0.05, 0) is 43.0 Å². The second-order valence-electron chi connectivity index (χ2n) is 6.49. The summed E-state index contributed by atoms with van der Waals surface area (Å²) < 4.78 is 7.21. The average Bonchev–Trinajstić information content (AvgIpc) is 3.08. The van der Waals surface area contributed by atoms with Gasteiger partial charge < -0.3 is 10.1 Å². The van der Waals surface area contributed by atoms with Crippen molar-refractivity contribution in [1.29, 1.82) is 0 Å². The molecular formula is C19H22ClN3O3. The SMILES string of the molecule is O=C(CCC(=O)c1ccc(Cl)cc1)Nc1cnn(CC2CCOCC2)c1. The Morgan fingerprint density at radius 3 is 2.65 bits per heavy atom. The second kappa shape index (κ2) is 8.96. The first-order valence-corrected chi connectivity index (χ1v) is 9.17. The van der Waals surface area contributed by atoms with Crippen molar-refractivity contribution in [2.24, 2.45) is 5.92 Å². The minimum absolute atomic E-state index is 0.0768. The maximum atomic E-state index is 12.1. The highest BCUT2D eigenvalue weighted by atomic mass is 35.5. The normalized spacial score (nSPS) is 15.0. The van der Waals surface area contributed by atoms with Crippen molar-refractivity contribution in [2.45, 2.75) is 32.2 Å². The van der Waals surface area contributed by atoms with Crippen LogP contribution in [0.15, 0.2) is 36.7 Å². The van der Waals surface area contributed by atoms with Gasteiger partial charge in [0, 0.05) is 49.4 Å². The Hall–Kier alpha value is -2.18. The van der Waals surface area contributed by atoms with Crippen molar-refractivity contribution < 1.29 is 14.3 Å². The van der Waals surface area contributed by atoms with E-state index in [4.69, 9.17) is 16.3 Å². The summed E-state index contributed by atoms with van der Waals surface area (Å²) in [6, 6.07) is 6.68. The number of Topliss-reactive ketones (excluding diaryl/α,β-unsaturated/α-hetero) is 1. The third-order valence-corrected chi connectivity index (χ3v) is 4.70. The van der Waals surface area contributed by atoms with Gasteiger partial charge in [-0.3, -0.25) is 14.3 Å². The fraction of sp³-hybridized carbons (Fsp3) is 0.421. The van der Waals surface area contributed by atoms with Crippen molar-refractivity contribution in [2.75, 3.05) is 18.5 Å². The molecule has 0 unspecified atom stereocenters. The molecule has 1 aliphatic heterocycles. The summed E-state index contributed by atoms with van der Waals surface area (Å²) in [7, 11) is 0. The van der Waals surface area contributed by atoms with Crippen LogP contribution in [0.3, 0.4) is 0 Å². The number of anilines is 1. The van der Waals surface area contributed by atoms with Gasteiger partial charge in [-0.25, -0.2) is 0 Å². The molecule has 0 atom stereocenters. The van der Waals surface area contributed by atoms with Gasteiger partial charge in [-0.15, -0.1) is 0 Å². The van der Waals surface area contributed by atoms with E-state index in [0.29, 0.717) is 22.2 Å². The van der Waals surface area contributed by atoms with Crippen LogP contribution < -0.4 is 5.32 Å². The van der Waals surface area contributed by atoms with Gasteiger partial charge in [-0.1, -0.05) is 11.6 Å². The van der Waals surface area contributed by atoms with E-state index in [9.17, 15) is 9.59 Å². The summed E-state index contributed by atoms with van der Waals surface area (Å²) in [5.41, 5.74) is 1.22. The van der Waals surface area contributed by atoms with Gasteiger partial charge in [0.05, 0.1) is 11.9 Å². The van der Waals surface area contributed by atoms with E-state index >= 15 is 0 Å². The Kier molecular flexibility index (Phi) is 6.41. The molecule has 1 aromatic carbocycles. The molecule has 138 valence electrons. The first-order valence-electron chi connectivity index (χ1n) is 8.79. The van der Waals surface area contributed by atoms with E-state index in [1.54, 1.807) is 30.5 Å². The van der Waals surface area contributed by atoms with E-state index in [0.717, 1.165) is 32.6 Å². The summed E-state index contributed by atoms with van der Waals surface area (Å²) >= 11 is 5.81. The molecule has 1 N–H and O–H groups in total. The van der Waals surface area contributed by atoms with E-state index in [2.05, 4.69) is 10.4 Å². The average molecular weight is 376 g/mol. The molecule has 0 saturated carbocycles. The number of ketones is 1. The molecule has 26 heavy (non-hydrogen) atoms. The van der Waals surface area contributed by atoms with E-state index in [1.165, 1.54) is 0 Å². The van der Waals surface area contributed by atoms with Gasteiger partial charge in [0.1, 0.15) is 0 Å². The fourth-order valence-electron chi connectivity index (χ4n) is 2.95. The fourth-order valence-corrected chi connectivity index (χ4v) is 3.08. The van der Waals surface area contributed by atoms with E-state index in [1.807, 2.05) is 10.9 Å². The van der Waals surface area contributed by atoms with Crippen LogP contribution >= 0.6 is 11.6 Å². The second-order valence-corrected chi connectivity index (χ2v) is 6.92. The van der Waals surface area contributed by atoms with E-state index in [-0.39, 0.29) is 24.5 Å². The first-order chi connectivity index (χ1) is 12.6. The molecule has 6 nitrogen and oxygen atoms in total. The van der Waals surface area contributed by atoms with Crippen molar-refractivity contribution in [3.8, 4) is 0 Å². The molecule has 1 saturated heterocycles. The largest absolute Gasteiger partial charge is 0.381 e. The zero-order valence-corrected chi connectivity index (χ0v) is 15.2. The number of carbonyl (C=O) groups excluding carboxylic acids is 2. The minimum Gasteiger partial charge on any atom is -0.381 e. The summed E-state index contributed by atoms with van der Waals surface area (Å²) in [6.07, 6.45) is 5.83. The van der Waals surface area contributed by atoms with Crippen LogP contribution in [-0.4, -0.2) is 34.7 Å². The predicted molar refractivity (Wildman–Crippen MR) is 99.4 cm³/mol. The van der Waals surface area contributed by atoms with Crippen molar-refractivity contribution in [1.82, 2.24) is 9.78 Å². The zero-order chi connectivity index (χ0) is 18.4. The Morgan fingerprint density at radius 2 is 1.92 bits per heavy atom. The third-order valence-electron chi connectivity index (χ3n) is 4.45. The molecule has 1 fully saturated rings. The lowest BCUT2D eigenvalue weighted by molar-refractivity contribution is -0.116. The van der Waals surface area contributed by atoms with Gasteiger partial charge in [0.15, 0.2) is 5.78 Å². The number of carbonyl (C=O) groups is 2. The number of nitrogens with one attached hydrogen (secondary N) is 1. The van der Waals surface area contributed by atoms with Crippen molar-refractivity contribution >= 4 is 29.0 Å². The third kappa shape index (κ3) is 5.41. The molecular weight excluding hydrogens is 354 g/mol. The summed E-state index contributed by atoms with van der Waals surface area (Å²) in [6.45, 7) is 2.43. The maximum Gasteiger partial charge on any atom is 0.224 e. The highest BCUT2D eigenvalue weighted by molar-refractivity contribution is 6.30. The van der Waals surface area contributed by atoms with Crippen LogP contribution in [0.1, 0.15) is 36.0 Å². The molecule has 1 aromatic heterocycles. The van der Waals surface area contributed by atoms with Crippen LogP contribution in [0.5, 0.6) is 0 Å². The van der Waals surface area contributed by atoms with Crippen LogP contribution in [0, 0.1) is 5.92 Å². The number of nitrogens with zero attached hydrogens (tertiary/aromatic N) is 2. The number of rotatable bonds is 7. The zero-order valence-electron chi connectivity index (χ0n) is 14.5. The van der Waals surface area contributed by atoms with Crippen LogP contribution in [0.2, 0.25) is 5.02 Å². The Balaban J connectivity index is 1.44. The molecule has 3 rings (SSSR count). The Bertz CT molecular complexity index is 752. The highest BCUT2D eigenvalue weighted by Gasteiger charge is 2.15. The Morgan fingerprint density at radius 1 is 1.19 bits per heavy atom. The van der Waals surface area contributed by atoms with E-state index < -0.39 is 0 Å². The van der Waals surface area contributed by atoms with Crippen LogP contribution in [0.4, 0.5) is 5.69 Å². The van der Waals surface area contributed by atoms with Gasteiger partial charge in [0.2, 0.25) is 5.91 Å². The maximum absolute atomic E-state index is 12.1. The summed E-state index contributed by atoms with van der Waals surface area (Å²) in [5.74, 6) is 0.286. The first kappa shape index (κ1) is 18.6. The minimum atomic E-state index is -0.196. The monoisotopic (exact) mass is 375 g/mol. The molecule has 1 aliphatic rings. The Labute approximate surface area is 157 Å². The molecule has 0 radical (unpaired) electrons. The van der Waals surface area contributed by atoms with Crippen molar-refractivity contribution in [3.63, 3.8) is 0 Å². The standard InChI is InChI=1S/C19H22ClN3O3/c20-16-3-1-15(2-4-16)18(24)5-6-19(25)22-17-11-21-23(13-17)12-14-7-9-26-10-8-14/h1-4,11,13-14H,5-10,12H2,(H,22,25). The molecule has 0 aliphatic carbocycles. The topological polar surface area (TPSA) is 73.2 Å².